The van der Waals surface area contributed by atoms with E-state index in [1.165, 1.54) is 0 Å². The van der Waals surface area contributed by atoms with Crippen LogP contribution in [0, 0.1) is 0 Å². The van der Waals surface area contributed by atoms with Crippen molar-refractivity contribution >= 4 is 40.2 Å². The Morgan fingerprint density at radius 2 is 1.71 bits per heavy atom. The lowest BCUT2D eigenvalue weighted by atomic mass is 10.2. The number of carbonyl (C=O) groups excluding carboxylic acids is 1. The minimum absolute atomic E-state index is 0.247. The quantitative estimate of drug-likeness (QED) is 0.315. The topological polar surface area (TPSA) is 85.1 Å². The molecule has 192 valence electrons. The molecule has 1 amide bonds. The lowest BCUT2D eigenvalue weighted by Crippen LogP contribution is -2.49. The van der Waals surface area contributed by atoms with Crippen LogP contribution in [0.3, 0.4) is 0 Å². The number of para-hydroxylation sites is 1. The van der Waals surface area contributed by atoms with Gasteiger partial charge < -0.3 is 19.3 Å². The predicted octanol–water partition coefficient (Wildman–Crippen LogP) is 5.07. The third-order valence-electron chi connectivity index (χ3n) is 6.66. The van der Waals surface area contributed by atoms with E-state index in [-0.39, 0.29) is 12.7 Å². The Hall–Kier alpha value is -4.37. The lowest BCUT2D eigenvalue weighted by molar-refractivity contribution is 0.0940. The Balaban J connectivity index is 1.33. The Morgan fingerprint density at radius 3 is 2.50 bits per heavy atom. The molecule has 2 aromatic heterocycles. The molecule has 10 heteroatoms. The summed E-state index contributed by atoms with van der Waals surface area (Å²) >= 11 is 6.31. The first-order chi connectivity index (χ1) is 18.6. The van der Waals surface area contributed by atoms with Crippen molar-refractivity contribution in [3.63, 3.8) is 0 Å². The molecule has 3 heterocycles. The second kappa shape index (κ2) is 10.2. The molecule has 5 aromatic rings. The zero-order valence-electron chi connectivity index (χ0n) is 20.7. The normalized spacial score (nSPS) is 13.7. The minimum atomic E-state index is -0.323. The van der Waals surface area contributed by atoms with Gasteiger partial charge in [-0.2, -0.15) is 0 Å². The van der Waals surface area contributed by atoms with Gasteiger partial charge in [0.05, 0.1) is 18.2 Å². The summed E-state index contributed by atoms with van der Waals surface area (Å²) in [5.74, 6) is 1.99. The van der Waals surface area contributed by atoms with Gasteiger partial charge in [0.1, 0.15) is 12.4 Å². The van der Waals surface area contributed by atoms with Crippen LogP contribution in [0.4, 0.5) is 10.7 Å². The van der Waals surface area contributed by atoms with Crippen LogP contribution in [0.2, 0.25) is 5.02 Å². The molecule has 0 aliphatic carbocycles. The van der Waals surface area contributed by atoms with E-state index >= 15 is 0 Å². The number of hydrogen-bond acceptors (Lipinski definition) is 7. The third-order valence-corrected chi connectivity index (χ3v) is 6.89. The Morgan fingerprint density at radius 1 is 0.947 bits per heavy atom. The number of piperazine rings is 1. The molecule has 38 heavy (non-hydrogen) atoms. The van der Waals surface area contributed by atoms with Gasteiger partial charge >= 0.3 is 6.09 Å². The van der Waals surface area contributed by atoms with Crippen molar-refractivity contribution < 1.29 is 14.3 Å². The summed E-state index contributed by atoms with van der Waals surface area (Å²) in [6.45, 7) is 2.37. The van der Waals surface area contributed by atoms with Crippen molar-refractivity contribution in [1.82, 2.24) is 24.5 Å². The fourth-order valence-corrected chi connectivity index (χ4v) is 4.87. The van der Waals surface area contributed by atoms with Crippen LogP contribution in [-0.2, 0) is 11.3 Å². The van der Waals surface area contributed by atoms with Gasteiger partial charge in [0.2, 0.25) is 5.95 Å². The van der Waals surface area contributed by atoms with E-state index in [4.69, 9.17) is 26.1 Å². The first kappa shape index (κ1) is 24.0. The fourth-order valence-electron chi connectivity index (χ4n) is 4.71. The maximum atomic E-state index is 12.7. The smallest absolute Gasteiger partial charge is 0.410 e. The van der Waals surface area contributed by atoms with Crippen LogP contribution in [0.1, 0.15) is 5.56 Å². The van der Waals surface area contributed by atoms with Gasteiger partial charge in [-0.1, -0.05) is 54.1 Å². The molecule has 0 bridgehead atoms. The molecule has 9 nitrogen and oxygen atoms in total. The molecular weight excluding hydrogens is 504 g/mol. The molecule has 0 radical (unpaired) electrons. The summed E-state index contributed by atoms with van der Waals surface area (Å²) < 4.78 is 13.1. The predicted molar refractivity (Wildman–Crippen MR) is 146 cm³/mol. The van der Waals surface area contributed by atoms with Gasteiger partial charge in [-0.05, 0) is 35.9 Å². The summed E-state index contributed by atoms with van der Waals surface area (Å²) in [4.78, 5) is 21.6. The second-order valence-corrected chi connectivity index (χ2v) is 9.41. The molecule has 3 aromatic carbocycles. The van der Waals surface area contributed by atoms with Crippen LogP contribution in [-0.4, -0.2) is 63.9 Å². The fraction of sp³-hybridized carbons (Fsp3) is 0.214. The van der Waals surface area contributed by atoms with Gasteiger partial charge in [0.15, 0.2) is 11.5 Å². The zero-order valence-corrected chi connectivity index (χ0v) is 21.5. The molecule has 0 unspecified atom stereocenters. The molecule has 0 atom stereocenters. The standard InChI is InChI=1S/C28H25ClN6O3/c1-37-24-10-6-5-9-22(24)26-32-31-25-21-12-11-20(29)17-23(21)30-27(35(25)26)33-13-15-34(16-14-33)28(36)38-18-19-7-3-2-4-8-19/h2-12,17H,13-16,18H2,1H3. The highest BCUT2D eigenvalue weighted by Crippen LogP contribution is 2.33. The highest BCUT2D eigenvalue weighted by atomic mass is 35.5. The number of carbonyl (C=O) groups is 1. The van der Waals surface area contributed by atoms with Crippen molar-refractivity contribution in [1.29, 1.82) is 0 Å². The number of anilines is 1. The number of nitrogens with zero attached hydrogens (tertiary/aromatic N) is 6. The summed E-state index contributed by atoms with van der Waals surface area (Å²) in [5, 5.41) is 10.5. The first-order valence-corrected chi connectivity index (χ1v) is 12.7. The number of hydrogen-bond donors (Lipinski definition) is 0. The van der Waals surface area contributed by atoms with E-state index in [0.717, 1.165) is 22.0 Å². The second-order valence-electron chi connectivity index (χ2n) is 8.97. The van der Waals surface area contributed by atoms with Crippen LogP contribution >= 0.6 is 11.6 Å². The molecule has 0 N–H and O–H groups in total. The SMILES string of the molecule is COc1ccccc1-c1nnc2c3ccc(Cl)cc3nc(N3CCN(C(=O)OCc4ccccc4)CC3)n12. The van der Waals surface area contributed by atoms with Crippen molar-refractivity contribution in [2.24, 2.45) is 0 Å². The number of rotatable bonds is 5. The van der Waals surface area contributed by atoms with Crippen molar-refractivity contribution in [3.8, 4) is 17.1 Å². The van der Waals surface area contributed by atoms with Crippen molar-refractivity contribution in [2.45, 2.75) is 6.61 Å². The maximum absolute atomic E-state index is 12.7. The van der Waals surface area contributed by atoms with E-state index in [2.05, 4.69) is 15.1 Å². The average Bonchev–Trinajstić information content (AvgIpc) is 3.41. The average molecular weight is 529 g/mol. The van der Waals surface area contributed by atoms with Gasteiger partial charge in [-0.25, -0.2) is 14.2 Å². The third kappa shape index (κ3) is 4.45. The first-order valence-electron chi connectivity index (χ1n) is 12.3. The number of halogens is 1. The number of aromatic nitrogens is 4. The molecule has 1 aliphatic rings. The summed E-state index contributed by atoms with van der Waals surface area (Å²) in [5.41, 5.74) is 3.16. The van der Waals surface area contributed by atoms with E-state index in [1.54, 1.807) is 12.0 Å². The molecule has 0 saturated carbocycles. The highest BCUT2D eigenvalue weighted by Gasteiger charge is 2.27. The Kier molecular flexibility index (Phi) is 6.43. The highest BCUT2D eigenvalue weighted by molar-refractivity contribution is 6.31. The van der Waals surface area contributed by atoms with E-state index in [1.807, 2.05) is 77.2 Å². The number of fused-ring (bicyclic) bond motifs is 3. The Bertz CT molecular complexity index is 1620. The van der Waals surface area contributed by atoms with Gasteiger partial charge in [-0.3, -0.25) is 0 Å². The Labute approximate surface area is 224 Å². The van der Waals surface area contributed by atoms with E-state index < -0.39 is 0 Å². The number of benzene rings is 3. The monoisotopic (exact) mass is 528 g/mol. The van der Waals surface area contributed by atoms with Crippen molar-refractivity contribution in [2.75, 3.05) is 38.2 Å². The molecular formula is C28H25ClN6O3. The summed E-state index contributed by atoms with van der Waals surface area (Å²) in [7, 11) is 1.63. The lowest BCUT2D eigenvalue weighted by Gasteiger charge is -2.35. The molecule has 1 aliphatic heterocycles. The van der Waals surface area contributed by atoms with Gasteiger partial charge in [0.25, 0.3) is 0 Å². The summed E-state index contributed by atoms with van der Waals surface area (Å²) in [6, 6.07) is 22.9. The minimum Gasteiger partial charge on any atom is -0.496 e. The van der Waals surface area contributed by atoms with Crippen LogP contribution in [0.25, 0.3) is 27.9 Å². The molecule has 1 fully saturated rings. The number of methoxy groups -OCH3 is 1. The number of amides is 1. The van der Waals surface area contributed by atoms with Gasteiger partial charge in [-0.15, -0.1) is 10.2 Å². The number of ether oxygens (including phenoxy) is 2. The van der Waals surface area contributed by atoms with Crippen LogP contribution < -0.4 is 9.64 Å². The van der Waals surface area contributed by atoms with Gasteiger partial charge in [0, 0.05) is 36.6 Å². The molecule has 0 spiro atoms. The molecule has 1 saturated heterocycles. The van der Waals surface area contributed by atoms with Crippen LogP contribution in [0.5, 0.6) is 5.75 Å². The zero-order chi connectivity index (χ0) is 26.1. The largest absolute Gasteiger partial charge is 0.496 e. The molecule has 6 rings (SSSR count). The van der Waals surface area contributed by atoms with Crippen molar-refractivity contribution in [3.05, 3.63) is 83.4 Å². The maximum Gasteiger partial charge on any atom is 0.410 e. The van der Waals surface area contributed by atoms with E-state index in [0.29, 0.717) is 54.4 Å². The van der Waals surface area contributed by atoms with Crippen LogP contribution in [0.15, 0.2) is 72.8 Å². The summed E-state index contributed by atoms with van der Waals surface area (Å²) in [6.07, 6.45) is -0.323. The van der Waals surface area contributed by atoms with E-state index in [9.17, 15) is 4.79 Å².